The highest BCUT2D eigenvalue weighted by molar-refractivity contribution is 5.41. The number of hydrogen-bond acceptors (Lipinski definition) is 2. The van der Waals surface area contributed by atoms with Crippen LogP contribution in [-0.4, -0.2) is 0 Å². The number of hydrogen-bond donors (Lipinski definition) is 0. The third-order valence-electron chi connectivity index (χ3n) is 3.50. The molecule has 0 spiro atoms. The predicted octanol–water partition coefficient (Wildman–Crippen LogP) is 3.39. The van der Waals surface area contributed by atoms with Crippen LogP contribution in [0.15, 0.2) is 48.5 Å². The molecule has 2 aromatic carbocycles. The molecule has 4 rings (SSSR count). The van der Waals surface area contributed by atoms with E-state index >= 15 is 0 Å². The molecule has 84 valence electrons. The second-order valence-electron chi connectivity index (χ2n) is 4.52. The van der Waals surface area contributed by atoms with Crippen molar-refractivity contribution >= 4 is 0 Å². The van der Waals surface area contributed by atoms with Gasteiger partial charge in [-0.1, -0.05) is 42.5 Å². The molecule has 0 aliphatic carbocycles. The summed E-state index contributed by atoms with van der Waals surface area (Å²) in [6, 6.07) is 16.5. The topological polar surface area (TPSA) is 18.5 Å². The van der Waals surface area contributed by atoms with Crippen LogP contribution in [0.2, 0.25) is 0 Å². The van der Waals surface area contributed by atoms with E-state index in [1.165, 1.54) is 16.7 Å². The molecule has 2 nitrogen and oxygen atoms in total. The van der Waals surface area contributed by atoms with Crippen LogP contribution >= 0.6 is 0 Å². The van der Waals surface area contributed by atoms with Gasteiger partial charge in [-0.15, -0.1) is 0 Å². The molecule has 2 atom stereocenters. The lowest BCUT2D eigenvalue weighted by Crippen LogP contribution is -2.05. The molecule has 0 amide bonds. The first-order valence-corrected chi connectivity index (χ1v) is 5.91. The van der Waals surface area contributed by atoms with Gasteiger partial charge in [0.05, 0.1) is 6.10 Å². The fraction of sp³-hybridized carbons (Fsp3) is 0.200. The summed E-state index contributed by atoms with van der Waals surface area (Å²) in [5.74, 6) is 0.953. The smallest absolute Gasteiger partial charge is 0.227 e. The van der Waals surface area contributed by atoms with E-state index in [4.69, 9.17) is 9.47 Å². The molecule has 2 aliphatic heterocycles. The van der Waals surface area contributed by atoms with Crippen molar-refractivity contribution in [2.75, 3.05) is 0 Å². The number of ether oxygens (including phenoxy) is 2. The van der Waals surface area contributed by atoms with Gasteiger partial charge < -0.3 is 9.47 Å². The van der Waals surface area contributed by atoms with E-state index in [1.807, 2.05) is 24.3 Å². The Hall–Kier alpha value is -1.80. The summed E-state index contributed by atoms with van der Waals surface area (Å²) in [5.41, 5.74) is 3.67. The second kappa shape index (κ2) is 3.34. The summed E-state index contributed by atoms with van der Waals surface area (Å²) < 4.78 is 11.9. The van der Waals surface area contributed by atoms with Gasteiger partial charge in [-0.05, 0) is 17.2 Å². The van der Waals surface area contributed by atoms with E-state index in [0.29, 0.717) is 0 Å². The van der Waals surface area contributed by atoms with Gasteiger partial charge in [0.2, 0.25) is 6.29 Å². The summed E-state index contributed by atoms with van der Waals surface area (Å²) in [6.45, 7) is 0. The van der Waals surface area contributed by atoms with Gasteiger partial charge in [0, 0.05) is 12.0 Å². The van der Waals surface area contributed by atoms with E-state index in [2.05, 4.69) is 24.3 Å². The average Bonchev–Trinajstić information content (AvgIpc) is 2.59. The number of para-hydroxylation sites is 1. The van der Waals surface area contributed by atoms with Crippen molar-refractivity contribution in [2.24, 2.45) is 0 Å². The van der Waals surface area contributed by atoms with E-state index < -0.39 is 0 Å². The van der Waals surface area contributed by atoms with Crippen molar-refractivity contribution in [1.82, 2.24) is 0 Å². The maximum absolute atomic E-state index is 5.95. The maximum atomic E-state index is 5.95. The molecule has 0 N–H and O–H groups in total. The molecule has 0 saturated carbocycles. The third-order valence-corrected chi connectivity index (χ3v) is 3.50. The Labute approximate surface area is 99.8 Å². The molecule has 2 unspecified atom stereocenters. The fourth-order valence-corrected chi connectivity index (χ4v) is 2.67. The van der Waals surface area contributed by atoms with Crippen LogP contribution in [0.25, 0.3) is 0 Å². The van der Waals surface area contributed by atoms with Gasteiger partial charge in [-0.25, -0.2) is 0 Å². The largest absolute Gasteiger partial charge is 0.460 e. The molecule has 0 aromatic heterocycles. The summed E-state index contributed by atoms with van der Waals surface area (Å²) in [7, 11) is 0. The van der Waals surface area contributed by atoms with Gasteiger partial charge in [0.15, 0.2) is 0 Å². The van der Waals surface area contributed by atoms with Crippen LogP contribution in [0.4, 0.5) is 0 Å². The van der Waals surface area contributed by atoms with Crippen molar-refractivity contribution in [3.63, 3.8) is 0 Å². The lowest BCUT2D eigenvalue weighted by molar-refractivity contribution is -0.0943. The summed E-state index contributed by atoms with van der Waals surface area (Å²) in [6.07, 6.45) is 0.795. The molecule has 17 heavy (non-hydrogen) atoms. The van der Waals surface area contributed by atoms with Gasteiger partial charge in [-0.3, -0.25) is 0 Å². The Morgan fingerprint density at radius 2 is 1.65 bits per heavy atom. The molecule has 2 heterocycles. The van der Waals surface area contributed by atoms with Crippen molar-refractivity contribution in [3.8, 4) is 5.75 Å². The van der Waals surface area contributed by atoms with Crippen molar-refractivity contribution in [3.05, 3.63) is 65.2 Å². The van der Waals surface area contributed by atoms with E-state index in [9.17, 15) is 0 Å². The fourth-order valence-electron chi connectivity index (χ4n) is 2.67. The van der Waals surface area contributed by atoms with Crippen LogP contribution in [0.5, 0.6) is 5.75 Å². The molecular formula is C15H12O2. The number of fused-ring (bicyclic) bond motifs is 6. The zero-order chi connectivity index (χ0) is 11.2. The van der Waals surface area contributed by atoms with Gasteiger partial charge in [-0.2, -0.15) is 0 Å². The maximum Gasteiger partial charge on any atom is 0.227 e. The lowest BCUT2D eigenvalue weighted by atomic mass is 9.98. The Kier molecular flexibility index (Phi) is 1.82. The minimum atomic E-state index is -0.236. The van der Waals surface area contributed by atoms with Gasteiger partial charge in [0.25, 0.3) is 0 Å². The summed E-state index contributed by atoms with van der Waals surface area (Å²) in [4.78, 5) is 0. The zero-order valence-electron chi connectivity index (χ0n) is 9.30. The third kappa shape index (κ3) is 1.31. The van der Waals surface area contributed by atoms with Crippen LogP contribution in [-0.2, 0) is 11.2 Å². The lowest BCUT2D eigenvalue weighted by Gasteiger charge is -2.14. The van der Waals surface area contributed by atoms with Gasteiger partial charge in [0.1, 0.15) is 5.75 Å². The SMILES string of the molecule is c1ccc2c(c1)CC1OC(O2)c2ccccc21. The molecule has 2 aromatic rings. The number of benzene rings is 2. The first-order valence-electron chi connectivity index (χ1n) is 5.91. The first kappa shape index (κ1) is 9.25. The highest BCUT2D eigenvalue weighted by Crippen LogP contribution is 2.45. The molecule has 0 saturated heterocycles. The minimum Gasteiger partial charge on any atom is -0.460 e. The summed E-state index contributed by atoms with van der Waals surface area (Å²) in [5, 5.41) is 0. The quantitative estimate of drug-likeness (QED) is 0.683. The van der Waals surface area contributed by atoms with Crippen LogP contribution in [0, 0.1) is 0 Å². The van der Waals surface area contributed by atoms with Gasteiger partial charge >= 0.3 is 0 Å². The molecule has 2 aliphatic rings. The highest BCUT2D eigenvalue weighted by atomic mass is 16.7. The molecule has 2 heteroatoms. The first-order chi connectivity index (χ1) is 8.42. The van der Waals surface area contributed by atoms with E-state index in [1.54, 1.807) is 0 Å². The molecule has 0 radical (unpaired) electrons. The second-order valence-corrected chi connectivity index (χ2v) is 4.52. The van der Waals surface area contributed by atoms with E-state index in [0.717, 1.165) is 12.2 Å². The van der Waals surface area contributed by atoms with Crippen molar-refractivity contribution < 1.29 is 9.47 Å². The average molecular weight is 224 g/mol. The standard InChI is InChI=1S/C15H12O2/c1-4-8-13-10(5-1)9-14-11-6-2-3-7-12(11)15(16-13)17-14/h1-8,14-15H,9H2. The Balaban J connectivity index is 1.85. The minimum absolute atomic E-state index is 0.139. The Morgan fingerprint density at radius 1 is 0.882 bits per heavy atom. The predicted molar refractivity (Wildman–Crippen MR) is 63.8 cm³/mol. The summed E-state index contributed by atoms with van der Waals surface area (Å²) >= 11 is 0. The van der Waals surface area contributed by atoms with Crippen LogP contribution in [0.1, 0.15) is 29.1 Å². The zero-order valence-corrected chi connectivity index (χ0v) is 9.30. The highest BCUT2D eigenvalue weighted by Gasteiger charge is 2.36. The molecule has 2 bridgehead atoms. The van der Waals surface area contributed by atoms with E-state index in [-0.39, 0.29) is 12.4 Å². The number of rotatable bonds is 0. The monoisotopic (exact) mass is 224 g/mol. The molecule has 0 fully saturated rings. The Bertz CT molecular complexity index is 527. The van der Waals surface area contributed by atoms with Crippen molar-refractivity contribution in [2.45, 2.75) is 18.8 Å². The van der Waals surface area contributed by atoms with Crippen LogP contribution < -0.4 is 4.74 Å². The molecular weight excluding hydrogens is 212 g/mol. The van der Waals surface area contributed by atoms with Crippen molar-refractivity contribution in [1.29, 1.82) is 0 Å². The normalized spacial score (nSPS) is 24.5. The van der Waals surface area contributed by atoms with Crippen LogP contribution in [0.3, 0.4) is 0 Å². The Morgan fingerprint density at radius 3 is 2.59 bits per heavy atom.